The van der Waals surface area contributed by atoms with E-state index >= 15 is 0 Å². The number of ether oxygens (including phenoxy) is 1. The number of benzene rings is 2. The second kappa shape index (κ2) is 9.80. The molecular formula is C23H21N3O6S. The normalized spacial score (nSPS) is 13.0. The van der Waals surface area contributed by atoms with E-state index in [1.165, 1.54) is 6.92 Å². The van der Waals surface area contributed by atoms with Crippen molar-refractivity contribution in [2.24, 2.45) is 0 Å². The molecule has 4 rings (SSSR count). The lowest BCUT2D eigenvalue weighted by Gasteiger charge is -2.14. The maximum Gasteiger partial charge on any atom is 0.413 e. The Labute approximate surface area is 193 Å². The summed E-state index contributed by atoms with van der Waals surface area (Å²) in [6.45, 7) is 1.47. The Morgan fingerprint density at radius 3 is 2.36 bits per heavy atom. The third kappa shape index (κ3) is 5.18. The van der Waals surface area contributed by atoms with Crippen molar-refractivity contribution in [1.82, 2.24) is 10.5 Å². The molecule has 1 aliphatic rings. The Balaban J connectivity index is 1.30. The zero-order chi connectivity index (χ0) is 23.4. The Bertz CT molecular complexity index is 1150. The molecule has 1 unspecified atom stereocenters. The number of hydrogen-bond acceptors (Lipinski definition) is 7. The lowest BCUT2D eigenvalue weighted by Crippen LogP contribution is -2.33. The highest BCUT2D eigenvalue weighted by molar-refractivity contribution is 7.13. The maximum atomic E-state index is 12.3. The predicted octanol–water partition coefficient (Wildman–Crippen LogP) is 3.57. The smallest absolute Gasteiger partial charge is 0.413 e. The summed E-state index contributed by atoms with van der Waals surface area (Å²) in [5, 5.41) is 13.2. The highest BCUT2D eigenvalue weighted by atomic mass is 32.1. The summed E-state index contributed by atoms with van der Waals surface area (Å²) in [6, 6.07) is 16.1. The molecule has 3 N–H and O–H groups in total. The van der Waals surface area contributed by atoms with Crippen LogP contribution >= 0.6 is 11.3 Å². The van der Waals surface area contributed by atoms with Crippen molar-refractivity contribution in [3.05, 3.63) is 70.7 Å². The Kier molecular flexibility index (Phi) is 6.66. The first kappa shape index (κ1) is 22.4. The average molecular weight is 468 g/mol. The first-order chi connectivity index (χ1) is 15.9. The van der Waals surface area contributed by atoms with Crippen LogP contribution in [0.15, 0.2) is 53.9 Å². The largest absolute Gasteiger partial charge is 0.479 e. The van der Waals surface area contributed by atoms with E-state index < -0.39 is 24.1 Å². The Hall–Kier alpha value is -3.76. The number of rotatable bonds is 8. The molecule has 1 atom stereocenters. The molecule has 0 spiro atoms. The van der Waals surface area contributed by atoms with Crippen LogP contribution in [0.4, 0.5) is 9.93 Å². The van der Waals surface area contributed by atoms with Crippen LogP contribution in [0.25, 0.3) is 11.1 Å². The van der Waals surface area contributed by atoms with E-state index in [0.29, 0.717) is 5.69 Å². The number of nitrogens with one attached hydrogen (secondary N) is 2. The van der Waals surface area contributed by atoms with E-state index in [2.05, 4.69) is 27.9 Å². The van der Waals surface area contributed by atoms with Crippen molar-refractivity contribution in [3.8, 4) is 11.1 Å². The second-order valence-corrected chi connectivity index (χ2v) is 8.25. The zero-order valence-corrected chi connectivity index (χ0v) is 18.4. The Morgan fingerprint density at radius 1 is 1.09 bits per heavy atom. The molecule has 2 amide bonds. The van der Waals surface area contributed by atoms with Gasteiger partial charge in [-0.15, -0.1) is 11.3 Å². The third-order valence-corrected chi connectivity index (χ3v) is 5.95. The third-order valence-electron chi connectivity index (χ3n) is 5.14. The molecule has 1 aliphatic carbocycles. The molecule has 2 aromatic carbocycles. The fourth-order valence-electron chi connectivity index (χ4n) is 3.57. The van der Waals surface area contributed by atoms with E-state index in [-0.39, 0.29) is 24.1 Å². The van der Waals surface area contributed by atoms with Crippen LogP contribution in [0.2, 0.25) is 0 Å². The molecule has 0 aliphatic heterocycles. The molecule has 33 heavy (non-hydrogen) atoms. The summed E-state index contributed by atoms with van der Waals surface area (Å²) in [5.74, 6) is -1.80. The van der Waals surface area contributed by atoms with Crippen molar-refractivity contribution in [1.29, 1.82) is 0 Å². The lowest BCUT2D eigenvalue weighted by molar-refractivity contribution is -0.158. The number of carboxylic acid groups (broad SMARTS) is 1. The number of anilines is 1. The van der Waals surface area contributed by atoms with Crippen LogP contribution in [-0.4, -0.2) is 40.8 Å². The fourth-order valence-corrected chi connectivity index (χ4v) is 4.27. The number of aromatic nitrogens is 1. The highest BCUT2D eigenvalue weighted by Gasteiger charge is 2.29. The number of carboxylic acids is 1. The van der Waals surface area contributed by atoms with Crippen LogP contribution < -0.4 is 10.8 Å². The monoisotopic (exact) mass is 467 g/mol. The van der Waals surface area contributed by atoms with Gasteiger partial charge in [-0.3, -0.25) is 14.9 Å². The van der Waals surface area contributed by atoms with Gasteiger partial charge in [0.05, 0.1) is 12.1 Å². The minimum atomic E-state index is -1.20. The molecule has 10 heteroatoms. The van der Waals surface area contributed by atoms with E-state index in [9.17, 15) is 14.4 Å². The zero-order valence-electron chi connectivity index (χ0n) is 17.6. The highest BCUT2D eigenvalue weighted by Crippen LogP contribution is 2.44. The van der Waals surface area contributed by atoms with E-state index in [4.69, 9.17) is 14.7 Å². The van der Waals surface area contributed by atoms with E-state index in [1.54, 1.807) is 5.38 Å². The predicted molar refractivity (Wildman–Crippen MR) is 121 cm³/mol. The van der Waals surface area contributed by atoms with Gasteiger partial charge in [0.1, 0.15) is 6.61 Å². The van der Waals surface area contributed by atoms with Crippen molar-refractivity contribution < 1.29 is 29.1 Å². The lowest BCUT2D eigenvalue weighted by atomic mass is 9.98. The summed E-state index contributed by atoms with van der Waals surface area (Å²) in [6.07, 6.45) is -1.94. The fraction of sp³-hybridized carbons (Fsp3) is 0.217. The number of nitrogens with zero attached hydrogens (tertiary/aromatic N) is 1. The molecule has 0 saturated heterocycles. The number of aliphatic carboxylic acids is 1. The van der Waals surface area contributed by atoms with Gasteiger partial charge in [0.15, 0.2) is 11.2 Å². The maximum absolute atomic E-state index is 12.3. The summed E-state index contributed by atoms with van der Waals surface area (Å²) < 4.78 is 5.48. The van der Waals surface area contributed by atoms with Gasteiger partial charge in [-0.05, 0) is 29.2 Å². The van der Waals surface area contributed by atoms with Crippen LogP contribution in [0.1, 0.15) is 29.7 Å². The Morgan fingerprint density at radius 2 is 1.73 bits per heavy atom. The molecule has 0 bridgehead atoms. The van der Waals surface area contributed by atoms with Gasteiger partial charge < -0.3 is 9.84 Å². The van der Waals surface area contributed by atoms with E-state index in [1.807, 2.05) is 36.4 Å². The van der Waals surface area contributed by atoms with Crippen molar-refractivity contribution in [2.45, 2.75) is 25.4 Å². The van der Waals surface area contributed by atoms with Gasteiger partial charge in [-0.1, -0.05) is 48.5 Å². The van der Waals surface area contributed by atoms with Gasteiger partial charge in [-0.2, -0.15) is 0 Å². The quantitative estimate of drug-likeness (QED) is 0.432. The summed E-state index contributed by atoms with van der Waals surface area (Å²) in [4.78, 5) is 43.8. The molecule has 3 aromatic rings. The van der Waals surface area contributed by atoms with Crippen LogP contribution in [0.3, 0.4) is 0 Å². The van der Waals surface area contributed by atoms with Crippen molar-refractivity contribution >= 4 is 34.4 Å². The average Bonchev–Trinajstić information content (AvgIpc) is 3.37. The number of fused-ring (bicyclic) bond motifs is 3. The van der Waals surface area contributed by atoms with Gasteiger partial charge in [-0.25, -0.2) is 20.1 Å². The molecule has 0 saturated carbocycles. The van der Waals surface area contributed by atoms with Crippen molar-refractivity contribution in [2.75, 3.05) is 11.9 Å². The van der Waals surface area contributed by atoms with Crippen molar-refractivity contribution in [3.63, 3.8) is 0 Å². The molecule has 1 aromatic heterocycles. The first-order valence-corrected chi connectivity index (χ1v) is 11.0. The molecule has 0 radical (unpaired) electrons. The second-order valence-electron chi connectivity index (χ2n) is 7.39. The minimum absolute atomic E-state index is 0.0492. The number of thiazole rings is 1. The van der Waals surface area contributed by atoms with Crippen LogP contribution in [0, 0.1) is 0 Å². The van der Waals surface area contributed by atoms with Gasteiger partial charge in [0.25, 0.3) is 0 Å². The standard InChI is InChI=1S/C23H21N3O6S/c1-13(21(28)29)32-26-20(27)10-14-12-33-22(24-14)25-23(30)31-11-19-17-8-4-2-6-15(17)16-7-3-5-9-18(16)19/h2-9,12-13,19H,10-11H2,1H3,(H,26,27)(H,28,29)(H,24,25,30). The SMILES string of the molecule is CC(ONC(=O)Cc1csc(NC(=O)OCC2c3ccccc3-c3ccccc32)n1)C(=O)O. The number of amides is 2. The number of hydrogen-bond donors (Lipinski definition) is 3. The van der Waals surface area contributed by atoms with Crippen LogP contribution in [0.5, 0.6) is 0 Å². The number of carbonyl (C=O) groups is 3. The molecule has 9 nitrogen and oxygen atoms in total. The topological polar surface area (TPSA) is 127 Å². The van der Waals surface area contributed by atoms with Gasteiger partial charge in [0.2, 0.25) is 5.91 Å². The first-order valence-electron chi connectivity index (χ1n) is 10.2. The van der Waals surface area contributed by atoms with E-state index in [0.717, 1.165) is 33.6 Å². The van der Waals surface area contributed by atoms with Gasteiger partial charge in [0, 0.05) is 11.3 Å². The van der Waals surface area contributed by atoms with Crippen LogP contribution in [-0.2, 0) is 25.6 Å². The summed E-state index contributed by atoms with van der Waals surface area (Å²) >= 11 is 1.15. The summed E-state index contributed by atoms with van der Waals surface area (Å²) in [5.41, 5.74) is 6.99. The number of carbonyl (C=O) groups excluding carboxylic acids is 2. The number of hydroxylamine groups is 1. The van der Waals surface area contributed by atoms with Gasteiger partial charge >= 0.3 is 12.1 Å². The summed E-state index contributed by atoms with van der Waals surface area (Å²) in [7, 11) is 0. The minimum Gasteiger partial charge on any atom is -0.479 e. The molecule has 0 fully saturated rings. The molecular weight excluding hydrogens is 446 g/mol. The molecule has 1 heterocycles. The molecule has 170 valence electrons.